The highest BCUT2D eigenvalue weighted by molar-refractivity contribution is 4.82. The molecule has 0 aromatic rings. The van der Waals surface area contributed by atoms with E-state index in [1.54, 1.807) is 0 Å². The minimum absolute atomic E-state index is 0.0653. The molecular weight excluding hydrogens is 168 g/mol. The van der Waals surface area contributed by atoms with Crippen molar-refractivity contribution in [2.45, 2.75) is 25.5 Å². The second kappa shape index (κ2) is 5.18. The van der Waals surface area contributed by atoms with Gasteiger partial charge in [0.1, 0.15) is 0 Å². The number of hydrogen-bond donors (Lipinski definition) is 1. The molecular formula is C9H16N2O2. The first kappa shape index (κ1) is 10.5. The Morgan fingerprint density at radius 2 is 2.54 bits per heavy atom. The molecule has 0 radical (unpaired) electrons. The molecule has 0 bridgehead atoms. The highest BCUT2D eigenvalue weighted by Crippen LogP contribution is 2.10. The lowest BCUT2D eigenvalue weighted by atomic mass is 10.2. The molecule has 1 fully saturated rings. The van der Waals surface area contributed by atoms with Crippen LogP contribution in [0.2, 0.25) is 0 Å². The lowest BCUT2D eigenvalue weighted by Crippen LogP contribution is -2.47. The van der Waals surface area contributed by atoms with Gasteiger partial charge in [0.25, 0.3) is 0 Å². The van der Waals surface area contributed by atoms with Gasteiger partial charge >= 0.3 is 0 Å². The summed E-state index contributed by atoms with van der Waals surface area (Å²) in [6, 6.07) is 2.42. The molecule has 1 aliphatic heterocycles. The number of ether oxygens (including phenoxy) is 1. The van der Waals surface area contributed by atoms with Gasteiger partial charge in [-0.25, -0.2) is 0 Å². The predicted molar refractivity (Wildman–Crippen MR) is 48.1 cm³/mol. The molecule has 0 amide bonds. The third-order valence-corrected chi connectivity index (χ3v) is 2.38. The van der Waals surface area contributed by atoms with Gasteiger partial charge in [-0.15, -0.1) is 0 Å². The van der Waals surface area contributed by atoms with E-state index in [0.717, 1.165) is 13.1 Å². The predicted octanol–water partition coefficient (Wildman–Crippen LogP) is -0.0183. The maximum atomic E-state index is 8.90. The van der Waals surface area contributed by atoms with Crippen LogP contribution in [0.4, 0.5) is 0 Å². The molecule has 74 valence electrons. The van der Waals surface area contributed by atoms with Gasteiger partial charge in [-0.3, -0.25) is 4.90 Å². The Morgan fingerprint density at radius 3 is 3.15 bits per heavy atom. The quantitative estimate of drug-likeness (QED) is 0.670. The Balaban J connectivity index is 2.37. The summed E-state index contributed by atoms with van der Waals surface area (Å²) < 4.78 is 5.31. The van der Waals surface area contributed by atoms with Gasteiger partial charge < -0.3 is 9.84 Å². The Morgan fingerprint density at radius 1 is 1.77 bits per heavy atom. The number of rotatable bonds is 3. The molecule has 1 heterocycles. The number of hydrogen-bond acceptors (Lipinski definition) is 4. The summed E-state index contributed by atoms with van der Waals surface area (Å²) in [4.78, 5) is 2.19. The standard InChI is InChI=1S/C9H16N2O2/c1-8(2-3-10)11-4-5-13-9(6-11)7-12/h8-9,12H,2,4-7H2,1H3. The molecule has 2 unspecified atom stereocenters. The first-order valence-corrected chi connectivity index (χ1v) is 4.61. The summed E-state index contributed by atoms with van der Waals surface area (Å²) >= 11 is 0. The van der Waals surface area contributed by atoms with E-state index in [1.807, 2.05) is 6.92 Å². The van der Waals surface area contributed by atoms with Crippen LogP contribution in [0, 0.1) is 11.3 Å². The van der Waals surface area contributed by atoms with Crippen LogP contribution in [0.1, 0.15) is 13.3 Å². The summed E-state index contributed by atoms with van der Waals surface area (Å²) in [5, 5.41) is 17.4. The van der Waals surface area contributed by atoms with Gasteiger partial charge in [0.15, 0.2) is 0 Å². The largest absolute Gasteiger partial charge is 0.394 e. The molecule has 1 rings (SSSR count). The van der Waals surface area contributed by atoms with Crippen LogP contribution >= 0.6 is 0 Å². The fourth-order valence-electron chi connectivity index (χ4n) is 1.51. The van der Waals surface area contributed by atoms with Gasteiger partial charge in [0, 0.05) is 19.1 Å². The number of morpholine rings is 1. The van der Waals surface area contributed by atoms with Gasteiger partial charge in [-0.2, -0.15) is 5.26 Å². The minimum Gasteiger partial charge on any atom is -0.394 e. The van der Waals surface area contributed by atoms with Crippen molar-refractivity contribution in [1.29, 1.82) is 5.26 Å². The molecule has 0 aliphatic carbocycles. The van der Waals surface area contributed by atoms with E-state index in [1.165, 1.54) is 0 Å². The zero-order chi connectivity index (χ0) is 9.68. The average molecular weight is 184 g/mol. The van der Waals surface area contributed by atoms with Crippen molar-refractivity contribution in [3.63, 3.8) is 0 Å². The summed E-state index contributed by atoms with van der Waals surface area (Å²) in [5.74, 6) is 0. The van der Waals surface area contributed by atoms with Crippen LogP contribution in [0.5, 0.6) is 0 Å². The summed E-state index contributed by atoms with van der Waals surface area (Å²) in [6.07, 6.45) is 0.466. The third-order valence-electron chi connectivity index (χ3n) is 2.38. The van der Waals surface area contributed by atoms with E-state index in [0.29, 0.717) is 13.0 Å². The van der Waals surface area contributed by atoms with Gasteiger partial charge in [0.2, 0.25) is 0 Å². The number of aliphatic hydroxyl groups excluding tert-OH is 1. The fraction of sp³-hybridized carbons (Fsp3) is 0.889. The highest BCUT2D eigenvalue weighted by Gasteiger charge is 2.22. The van der Waals surface area contributed by atoms with Crippen molar-refractivity contribution in [2.75, 3.05) is 26.3 Å². The Kier molecular flexibility index (Phi) is 4.16. The van der Waals surface area contributed by atoms with Crippen LogP contribution in [0.25, 0.3) is 0 Å². The monoisotopic (exact) mass is 184 g/mol. The first-order valence-electron chi connectivity index (χ1n) is 4.61. The molecule has 2 atom stereocenters. The highest BCUT2D eigenvalue weighted by atomic mass is 16.5. The van der Waals surface area contributed by atoms with Crippen molar-refractivity contribution in [2.24, 2.45) is 0 Å². The van der Waals surface area contributed by atoms with E-state index in [9.17, 15) is 0 Å². The Hall–Kier alpha value is -0.630. The summed E-state index contributed by atoms with van der Waals surface area (Å²) in [6.45, 7) is 4.35. The second-order valence-corrected chi connectivity index (χ2v) is 3.38. The third kappa shape index (κ3) is 2.96. The minimum atomic E-state index is -0.0742. The molecule has 1 saturated heterocycles. The zero-order valence-electron chi connectivity index (χ0n) is 7.94. The molecule has 0 aromatic carbocycles. The van der Waals surface area contributed by atoms with E-state index in [2.05, 4.69) is 11.0 Å². The lowest BCUT2D eigenvalue weighted by molar-refractivity contribution is -0.0622. The van der Waals surface area contributed by atoms with Gasteiger partial charge in [-0.1, -0.05) is 0 Å². The second-order valence-electron chi connectivity index (χ2n) is 3.38. The first-order chi connectivity index (χ1) is 6.27. The SMILES string of the molecule is CC(CC#N)N1CCOC(CO)C1. The molecule has 0 spiro atoms. The molecule has 4 heteroatoms. The number of nitriles is 1. The van der Waals surface area contributed by atoms with E-state index in [4.69, 9.17) is 15.1 Å². The van der Waals surface area contributed by atoms with Crippen molar-refractivity contribution in [3.05, 3.63) is 0 Å². The Bertz CT molecular complexity index is 191. The maximum Gasteiger partial charge on any atom is 0.0932 e. The average Bonchev–Trinajstić information content (AvgIpc) is 2.18. The van der Waals surface area contributed by atoms with E-state index < -0.39 is 0 Å². The molecule has 0 saturated carbocycles. The van der Waals surface area contributed by atoms with E-state index >= 15 is 0 Å². The molecule has 1 aliphatic rings. The molecule has 0 aromatic heterocycles. The van der Waals surface area contributed by atoms with Crippen LogP contribution in [-0.2, 0) is 4.74 Å². The maximum absolute atomic E-state index is 8.90. The summed E-state index contributed by atoms with van der Waals surface area (Å²) in [7, 11) is 0. The van der Waals surface area contributed by atoms with Crippen LogP contribution in [0.3, 0.4) is 0 Å². The Labute approximate surface area is 78.7 Å². The smallest absolute Gasteiger partial charge is 0.0932 e. The van der Waals surface area contributed by atoms with Crippen molar-refractivity contribution in [1.82, 2.24) is 4.90 Å². The fourth-order valence-corrected chi connectivity index (χ4v) is 1.51. The molecule has 13 heavy (non-hydrogen) atoms. The van der Waals surface area contributed by atoms with Gasteiger partial charge in [0.05, 0.1) is 31.8 Å². The normalized spacial score (nSPS) is 26.7. The number of nitrogens with zero attached hydrogens (tertiary/aromatic N) is 2. The number of aliphatic hydroxyl groups is 1. The molecule has 4 nitrogen and oxygen atoms in total. The molecule has 1 N–H and O–H groups in total. The van der Waals surface area contributed by atoms with Crippen LogP contribution in [-0.4, -0.2) is 48.5 Å². The summed E-state index contributed by atoms with van der Waals surface area (Å²) in [5.41, 5.74) is 0. The van der Waals surface area contributed by atoms with Crippen LogP contribution in [0.15, 0.2) is 0 Å². The van der Waals surface area contributed by atoms with Crippen molar-refractivity contribution in [3.8, 4) is 6.07 Å². The zero-order valence-corrected chi connectivity index (χ0v) is 7.94. The van der Waals surface area contributed by atoms with Crippen molar-refractivity contribution >= 4 is 0 Å². The lowest BCUT2D eigenvalue weighted by Gasteiger charge is -2.35. The van der Waals surface area contributed by atoms with Crippen molar-refractivity contribution < 1.29 is 9.84 Å². The van der Waals surface area contributed by atoms with E-state index in [-0.39, 0.29) is 18.8 Å². The topological polar surface area (TPSA) is 56.5 Å². The van der Waals surface area contributed by atoms with Crippen LogP contribution < -0.4 is 0 Å². The van der Waals surface area contributed by atoms with Gasteiger partial charge in [-0.05, 0) is 6.92 Å².